The van der Waals surface area contributed by atoms with Crippen molar-refractivity contribution in [2.45, 2.75) is 27.7 Å². The van der Waals surface area contributed by atoms with Crippen LogP contribution in [0.5, 0.6) is 5.75 Å². The topological polar surface area (TPSA) is 38.8 Å². The van der Waals surface area contributed by atoms with Crippen LogP contribution in [0.2, 0.25) is 0 Å². The van der Waals surface area contributed by atoms with Gasteiger partial charge in [0.15, 0.2) is 0 Å². The number of benzene rings is 1. The van der Waals surface area contributed by atoms with Crippen LogP contribution >= 0.6 is 0 Å². The van der Waals surface area contributed by atoms with E-state index in [2.05, 4.69) is 13.0 Å². The molecule has 1 rings (SSSR count). The molecule has 0 aromatic heterocycles. The number of nitrogens with zero attached hydrogens (tertiary/aromatic N) is 1. The van der Waals surface area contributed by atoms with Gasteiger partial charge in [0.2, 0.25) is 0 Å². The molecule has 0 fully saturated rings. The van der Waals surface area contributed by atoms with E-state index in [1.54, 1.807) is 14.0 Å². The highest BCUT2D eigenvalue weighted by Gasteiger charge is 2.18. The molecule has 0 N–H and O–H groups in total. The number of ether oxygens (including phenoxy) is 2. The van der Waals surface area contributed by atoms with E-state index in [9.17, 15) is 4.79 Å². The van der Waals surface area contributed by atoms with E-state index in [-0.39, 0.29) is 12.5 Å². The standard InChI is InChI=1S/C15H23NO3/c1-7-19-13(17)9-16(5)14-11(3)8-10(2)12(4)15(14)18-6/h8H,7,9H2,1-6H3. The molecule has 1 aromatic carbocycles. The number of methoxy groups -OCH3 is 1. The molecule has 0 spiro atoms. The third-order valence-corrected chi connectivity index (χ3v) is 3.21. The summed E-state index contributed by atoms with van der Waals surface area (Å²) in [6.07, 6.45) is 0. The molecule has 0 heterocycles. The maximum absolute atomic E-state index is 11.6. The fourth-order valence-electron chi connectivity index (χ4n) is 2.24. The van der Waals surface area contributed by atoms with Crippen LogP contribution in [-0.4, -0.2) is 33.3 Å². The third-order valence-electron chi connectivity index (χ3n) is 3.21. The van der Waals surface area contributed by atoms with E-state index < -0.39 is 0 Å². The first kappa shape index (κ1) is 15.3. The molecule has 4 nitrogen and oxygen atoms in total. The smallest absolute Gasteiger partial charge is 0.325 e. The van der Waals surface area contributed by atoms with E-state index in [1.165, 1.54) is 5.56 Å². The zero-order valence-electron chi connectivity index (χ0n) is 12.7. The summed E-state index contributed by atoms with van der Waals surface area (Å²) in [5.74, 6) is 0.592. The Morgan fingerprint density at radius 1 is 1.26 bits per heavy atom. The first-order valence-electron chi connectivity index (χ1n) is 6.43. The van der Waals surface area contributed by atoms with E-state index >= 15 is 0 Å². The van der Waals surface area contributed by atoms with Crippen molar-refractivity contribution in [2.24, 2.45) is 0 Å². The lowest BCUT2D eigenvalue weighted by Gasteiger charge is -2.25. The minimum atomic E-state index is -0.232. The predicted molar refractivity (Wildman–Crippen MR) is 77.1 cm³/mol. The van der Waals surface area contributed by atoms with Crippen LogP contribution in [0.15, 0.2) is 6.07 Å². The van der Waals surface area contributed by atoms with Crippen LogP contribution < -0.4 is 9.64 Å². The van der Waals surface area contributed by atoms with Gasteiger partial charge in [-0.25, -0.2) is 0 Å². The number of carbonyl (C=O) groups excluding carboxylic acids is 1. The highest BCUT2D eigenvalue weighted by atomic mass is 16.5. The maximum Gasteiger partial charge on any atom is 0.325 e. The molecule has 0 aliphatic carbocycles. The number of hydrogen-bond donors (Lipinski definition) is 0. The second-order valence-corrected chi connectivity index (χ2v) is 4.68. The van der Waals surface area contributed by atoms with Crippen molar-refractivity contribution >= 4 is 11.7 Å². The van der Waals surface area contributed by atoms with Crippen LogP contribution in [0, 0.1) is 20.8 Å². The van der Waals surface area contributed by atoms with Crippen molar-refractivity contribution in [3.8, 4) is 5.75 Å². The summed E-state index contributed by atoms with van der Waals surface area (Å²) in [4.78, 5) is 13.5. The SMILES string of the molecule is CCOC(=O)CN(C)c1c(C)cc(C)c(C)c1OC. The summed E-state index contributed by atoms with van der Waals surface area (Å²) in [6.45, 7) is 8.52. The molecular weight excluding hydrogens is 242 g/mol. The fraction of sp³-hybridized carbons (Fsp3) is 0.533. The molecule has 0 saturated heterocycles. The van der Waals surface area contributed by atoms with Gasteiger partial charge in [-0.3, -0.25) is 4.79 Å². The molecule has 19 heavy (non-hydrogen) atoms. The Balaban J connectivity index is 3.12. The Hall–Kier alpha value is -1.71. The van der Waals surface area contributed by atoms with Gasteiger partial charge in [-0.05, 0) is 44.4 Å². The average molecular weight is 265 g/mol. The first-order valence-corrected chi connectivity index (χ1v) is 6.43. The van der Waals surface area contributed by atoms with E-state index in [0.29, 0.717) is 6.61 Å². The average Bonchev–Trinajstić information content (AvgIpc) is 2.33. The Kier molecular flexibility index (Phi) is 5.21. The Labute approximate surface area is 115 Å². The van der Waals surface area contributed by atoms with Crippen molar-refractivity contribution in [3.63, 3.8) is 0 Å². The van der Waals surface area contributed by atoms with Crippen LogP contribution in [-0.2, 0) is 9.53 Å². The lowest BCUT2D eigenvalue weighted by Crippen LogP contribution is -2.28. The van der Waals surface area contributed by atoms with Gasteiger partial charge in [-0.15, -0.1) is 0 Å². The van der Waals surface area contributed by atoms with E-state index in [4.69, 9.17) is 9.47 Å². The van der Waals surface area contributed by atoms with Crippen LogP contribution in [0.25, 0.3) is 0 Å². The number of rotatable bonds is 5. The number of aryl methyl sites for hydroxylation is 2. The molecule has 0 aliphatic heterocycles. The number of hydrogen-bond acceptors (Lipinski definition) is 4. The third kappa shape index (κ3) is 3.40. The molecule has 0 amide bonds. The summed E-state index contributed by atoms with van der Waals surface area (Å²) in [5.41, 5.74) is 4.31. The minimum Gasteiger partial charge on any atom is -0.494 e. The quantitative estimate of drug-likeness (QED) is 0.767. The number of esters is 1. The van der Waals surface area contributed by atoms with Gasteiger partial charge >= 0.3 is 5.97 Å². The zero-order valence-corrected chi connectivity index (χ0v) is 12.7. The molecule has 0 aliphatic rings. The van der Waals surface area contributed by atoms with Gasteiger partial charge in [0.05, 0.1) is 19.4 Å². The zero-order chi connectivity index (χ0) is 14.6. The van der Waals surface area contributed by atoms with Gasteiger partial charge in [-0.2, -0.15) is 0 Å². The summed E-state index contributed by atoms with van der Waals surface area (Å²) in [5, 5.41) is 0. The fourth-order valence-corrected chi connectivity index (χ4v) is 2.24. The highest BCUT2D eigenvalue weighted by molar-refractivity contribution is 5.78. The minimum absolute atomic E-state index is 0.216. The number of likely N-dealkylation sites (N-methyl/N-ethyl adjacent to an activating group) is 1. The molecule has 0 atom stereocenters. The molecule has 0 unspecified atom stereocenters. The van der Waals surface area contributed by atoms with Gasteiger partial charge in [0.25, 0.3) is 0 Å². The van der Waals surface area contributed by atoms with Crippen LogP contribution in [0.3, 0.4) is 0 Å². The Morgan fingerprint density at radius 3 is 2.42 bits per heavy atom. The molecule has 4 heteroatoms. The van der Waals surface area contributed by atoms with E-state index in [0.717, 1.165) is 22.6 Å². The molecule has 0 bridgehead atoms. The summed E-state index contributed by atoms with van der Waals surface area (Å²) >= 11 is 0. The summed E-state index contributed by atoms with van der Waals surface area (Å²) in [7, 11) is 3.53. The van der Waals surface area contributed by atoms with Crippen LogP contribution in [0.4, 0.5) is 5.69 Å². The lowest BCUT2D eigenvalue weighted by molar-refractivity contribution is -0.141. The lowest BCUT2D eigenvalue weighted by atomic mass is 10.0. The van der Waals surface area contributed by atoms with E-state index in [1.807, 2.05) is 25.8 Å². The molecular formula is C15H23NO3. The highest BCUT2D eigenvalue weighted by Crippen LogP contribution is 2.36. The summed E-state index contributed by atoms with van der Waals surface area (Å²) in [6, 6.07) is 2.11. The van der Waals surface area contributed by atoms with Gasteiger partial charge in [-0.1, -0.05) is 6.07 Å². The largest absolute Gasteiger partial charge is 0.494 e. The van der Waals surface area contributed by atoms with Crippen LogP contribution in [0.1, 0.15) is 23.6 Å². The van der Waals surface area contributed by atoms with Crippen molar-refractivity contribution in [3.05, 3.63) is 22.8 Å². The number of carbonyl (C=O) groups is 1. The van der Waals surface area contributed by atoms with Crippen molar-refractivity contribution < 1.29 is 14.3 Å². The second-order valence-electron chi connectivity index (χ2n) is 4.68. The van der Waals surface area contributed by atoms with Gasteiger partial charge in [0.1, 0.15) is 12.3 Å². The summed E-state index contributed by atoms with van der Waals surface area (Å²) < 4.78 is 10.5. The van der Waals surface area contributed by atoms with Crippen molar-refractivity contribution in [2.75, 3.05) is 32.2 Å². The van der Waals surface area contributed by atoms with Crippen molar-refractivity contribution in [1.29, 1.82) is 0 Å². The molecule has 0 radical (unpaired) electrons. The maximum atomic E-state index is 11.6. The van der Waals surface area contributed by atoms with Gasteiger partial charge in [0, 0.05) is 7.05 Å². The van der Waals surface area contributed by atoms with Gasteiger partial charge < -0.3 is 14.4 Å². The molecule has 0 saturated carbocycles. The number of anilines is 1. The molecule has 106 valence electrons. The molecule has 1 aromatic rings. The second kappa shape index (κ2) is 6.45. The monoisotopic (exact) mass is 265 g/mol. The Bertz CT molecular complexity index is 469. The predicted octanol–water partition coefficient (Wildman–Crippen LogP) is 2.62. The Morgan fingerprint density at radius 2 is 1.89 bits per heavy atom. The first-order chi connectivity index (χ1) is 8.92. The normalized spacial score (nSPS) is 10.2. The van der Waals surface area contributed by atoms with Crippen molar-refractivity contribution in [1.82, 2.24) is 0 Å².